The van der Waals surface area contributed by atoms with Crippen LogP contribution >= 0.6 is 0 Å². The maximum absolute atomic E-state index is 11.1. The summed E-state index contributed by atoms with van der Waals surface area (Å²) >= 11 is 0. The van der Waals surface area contributed by atoms with Gasteiger partial charge in [0.15, 0.2) is 0 Å². The van der Waals surface area contributed by atoms with Gasteiger partial charge >= 0.3 is 37.7 Å². The van der Waals surface area contributed by atoms with Crippen LogP contribution in [0.5, 0.6) is 0 Å². The van der Waals surface area contributed by atoms with Gasteiger partial charge in [-0.3, -0.25) is 9.59 Å². The van der Waals surface area contributed by atoms with Gasteiger partial charge in [0.1, 0.15) is 0 Å². The zero-order valence-corrected chi connectivity index (χ0v) is 14.6. The van der Waals surface area contributed by atoms with Crippen LogP contribution < -0.4 is 10.6 Å². The molecule has 2 amide bonds. The summed E-state index contributed by atoms with van der Waals surface area (Å²) in [6.07, 6.45) is -8.08. The molecule has 2 N–H and O–H groups in total. The van der Waals surface area contributed by atoms with Crippen molar-refractivity contribution in [2.75, 3.05) is 24.4 Å². The van der Waals surface area contributed by atoms with Gasteiger partial charge in [-0.15, -0.1) is 0 Å². The van der Waals surface area contributed by atoms with Crippen LogP contribution in [0.4, 0.5) is 0 Å². The van der Waals surface area contributed by atoms with Crippen molar-refractivity contribution in [2.24, 2.45) is 0 Å². The number of amides is 2. The van der Waals surface area contributed by atoms with Crippen molar-refractivity contribution in [1.29, 1.82) is 0 Å². The van der Waals surface area contributed by atoms with Crippen LogP contribution in [0.25, 0.3) is 0 Å². The van der Waals surface area contributed by atoms with Gasteiger partial charge in [0, 0.05) is 62.8 Å². The second kappa shape index (κ2) is 14.4. The van der Waals surface area contributed by atoms with E-state index in [-0.39, 0.29) is 37.7 Å². The molecule has 13 heteroatoms. The van der Waals surface area contributed by atoms with Crippen molar-refractivity contribution < 1.29 is 60.2 Å². The summed E-state index contributed by atoms with van der Waals surface area (Å²) in [5.41, 5.74) is -8.49. The van der Waals surface area contributed by atoms with Crippen LogP contribution in [0, 0.1) is 0 Å². The van der Waals surface area contributed by atoms with E-state index in [0.29, 0.717) is 0 Å². The normalized spacial score (nSPS) is 27.0. The quantitative estimate of drug-likeness (QED) is 0.328. The molecule has 0 saturated heterocycles. The van der Waals surface area contributed by atoms with Crippen molar-refractivity contribution >= 4 is 69.8 Å². The summed E-state index contributed by atoms with van der Waals surface area (Å²) in [6, 6.07) is 0. The van der Waals surface area contributed by atoms with E-state index < -0.39 is 82.9 Å². The molecule has 0 radical (unpaired) electrons. The minimum Gasteiger partial charge on any atom is -0.748 e. The molecule has 0 aliphatic carbocycles. The van der Waals surface area contributed by atoms with Crippen molar-refractivity contribution in [1.82, 2.24) is 10.6 Å². The van der Waals surface area contributed by atoms with E-state index in [1.807, 2.05) is 0 Å². The van der Waals surface area contributed by atoms with E-state index >= 15 is 0 Å². The van der Waals surface area contributed by atoms with Crippen LogP contribution in [0.15, 0.2) is 0 Å². The molecule has 23 heavy (non-hydrogen) atoms. The minimum atomic E-state index is -5.94. The van der Waals surface area contributed by atoms with Gasteiger partial charge in [0.25, 0.3) is 0 Å². The largest absolute Gasteiger partial charge is 2.00 e. The van der Waals surface area contributed by atoms with Crippen LogP contribution in [-0.4, -0.2) is 99.9 Å². The Hall–Kier alpha value is 0.0197. The molecule has 0 aromatic heterocycles. The van der Waals surface area contributed by atoms with E-state index in [9.17, 15) is 35.5 Å². The number of hydrogen-bond donors (Lipinski definition) is 2. The molecule has 0 aromatic carbocycles. The number of rotatable bonds is 8. The Bertz CT molecular complexity index is 1090. The van der Waals surface area contributed by atoms with E-state index in [0.717, 1.165) is 10.6 Å². The molecule has 10 nitrogen and oxygen atoms in total. The van der Waals surface area contributed by atoms with Crippen molar-refractivity contribution in [2.45, 2.75) is 26.4 Å². The molecule has 0 fully saturated rings. The molecule has 0 aliphatic heterocycles. The first-order chi connectivity index (χ1) is 16.8. The fourth-order valence-corrected chi connectivity index (χ4v) is 0.704. The van der Waals surface area contributed by atoms with E-state index in [4.69, 9.17) is 24.7 Å². The summed E-state index contributed by atoms with van der Waals surface area (Å²) in [7, 11) is -11.9. The zero-order chi connectivity index (χ0) is 33.6. The molecule has 0 aliphatic rings. The van der Waals surface area contributed by atoms with Gasteiger partial charge in [-0.05, 0) is 12.7 Å². The molecular formula is C10H20CaN2O8S2. The summed E-state index contributed by atoms with van der Waals surface area (Å²) in [5.74, 6) is -3.93. The van der Waals surface area contributed by atoms with Gasteiger partial charge in [0.2, 0.25) is 11.8 Å². The molecule has 0 heterocycles. The predicted molar refractivity (Wildman–Crippen MR) is 81.5 cm³/mol. The monoisotopic (exact) mass is 418 g/mol. The van der Waals surface area contributed by atoms with E-state index in [1.54, 1.807) is 0 Å². The fourth-order valence-electron chi connectivity index (χ4n) is 0.352. The molecule has 0 aromatic rings. The Labute approximate surface area is 191 Å². The SMILES string of the molecule is [2H]C([2H])([2H])C(=O)NC([2H])([2H])C([2H])([2H])C([2H])([2H])S(=O)(=O)[O-].[2H]C([2H])([2H])C(=O)NC([2H])([2H])C([2H])([2H])C([2H])([2H])S(=O)(=O)[O-].[Ca+2]. The Balaban J connectivity index is -0.000000688. The van der Waals surface area contributed by atoms with Gasteiger partial charge in [-0.25, -0.2) is 16.8 Å². The molecule has 0 bridgehead atoms. The first-order valence-electron chi connectivity index (χ1n) is 13.3. The smallest absolute Gasteiger partial charge is 0.748 e. The summed E-state index contributed by atoms with van der Waals surface area (Å²) in [5, 5.41) is 2.06. The minimum absolute atomic E-state index is 0. The fraction of sp³-hybridized carbons (Fsp3) is 0.800. The molecule has 0 rings (SSSR count). The molecule has 0 atom stereocenters. The average Bonchev–Trinajstić information content (AvgIpc) is 2.63. The van der Waals surface area contributed by atoms with Gasteiger partial charge < -0.3 is 19.7 Å². The topological polar surface area (TPSA) is 173 Å². The number of carbonyl (C=O) groups excluding carboxylic acids is 2. The third-order valence-electron chi connectivity index (χ3n) is 0.829. The zero-order valence-electron chi connectivity index (χ0n) is 28.8. The summed E-state index contributed by atoms with van der Waals surface area (Å²) in [4.78, 5) is 22.1. The third kappa shape index (κ3) is 34.4. The standard InChI is InChI=1S/2C5H11NO4S.Ca/c2*1-5(7)6-3-2-4-11(8,9)10;/h2*2-4H2,1H3,(H,6,7)(H,8,9,10);/q;;+2/p-2/i2*1D3,2D2,3D2,4D2;. The summed E-state index contributed by atoms with van der Waals surface area (Å²) < 4.78 is 189. The maximum Gasteiger partial charge on any atom is 2.00 e. The molecule has 0 saturated carbocycles. The Morgan fingerprint density at radius 3 is 1.43 bits per heavy atom. The van der Waals surface area contributed by atoms with Gasteiger partial charge in [-0.2, -0.15) is 0 Å². The van der Waals surface area contributed by atoms with Gasteiger partial charge in [0.05, 0.1) is 20.2 Å². The predicted octanol–water partition coefficient (Wildman–Crippen LogP) is -2.27. The Morgan fingerprint density at radius 2 is 1.22 bits per heavy atom. The number of nitrogens with one attached hydrogen (secondary N) is 2. The van der Waals surface area contributed by atoms with Gasteiger partial charge in [-0.1, -0.05) is 0 Å². The van der Waals surface area contributed by atoms with Crippen molar-refractivity contribution in [3.05, 3.63) is 0 Å². The average molecular weight is 419 g/mol. The first kappa shape index (κ1) is 7.72. The first-order valence-corrected chi connectivity index (χ1v) is 7.13. The Morgan fingerprint density at radius 1 is 0.913 bits per heavy atom. The van der Waals surface area contributed by atoms with Crippen molar-refractivity contribution in [3.63, 3.8) is 0 Å². The van der Waals surface area contributed by atoms with Crippen LogP contribution in [0.3, 0.4) is 0 Å². The molecular weight excluding hydrogens is 380 g/mol. The summed E-state index contributed by atoms with van der Waals surface area (Å²) in [6.45, 7) is -14.3. The van der Waals surface area contributed by atoms with Crippen LogP contribution in [-0.2, 0) is 29.8 Å². The van der Waals surface area contributed by atoms with Crippen LogP contribution in [0.2, 0.25) is 0 Å². The molecule has 0 spiro atoms. The number of carbonyl (C=O) groups is 2. The van der Waals surface area contributed by atoms with Crippen LogP contribution in [0.1, 0.15) is 51.1 Å². The molecule has 0 unspecified atom stereocenters. The van der Waals surface area contributed by atoms with E-state index in [2.05, 4.69) is 0 Å². The second-order valence-electron chi connectivity index (χ2n) is 2.52. The maximum atomic E-state index is 11.1. The Kier molecular flexibility index (Phi) is 4.82. The second-order valence-corrected chi connectivity index (χ2v) is 4.75. The number of hydrogen-bond acceptors (Lipinski definition) is 8. The third-order valence-corrected chi connectivity index (χ3v) is 1.53. The molecule has 132 valence electrons. The van der Waals surface area contributed by atoms with E-state index in [1.165, 1.54) is 0 Å². The van der Waals surface area contributed by atoms with Crippen molar-refractivity contribution in [3.8, 4) is 0 Å².